The van der Waals surface area contributed by atoms with Crippen LogP contribution >= 0.6 is 0 Å². The summed E-state index contributed by atoms with van der Waals surface area (Å²) in [6.07, 6.45) is 4.13. The van der Waals surface area contributed by atoms with Crippen molar-refractivity contribution in [3.63, 3.8) is 0 Å². The predicted molar refractivity (Wildman–Crippen MR) is 71.4 cm³/mol. The summed E-state index contributed by atoms with van der Waals surface area (Å²) in [4.78, 5) is 0. The second-order valence-electron chi connectivity index (χ2n) is 6.31. The van der Waals surface area contributed by atoms with Crippen molar-refractivity contribution in [2.75, 3.05) is 6.61 Å². The molecule has 98 valence electrons. The minimum Gasteiger partial charge on any atom is -0.388 e. The molecule has 2 aliphatic rings. The Morgan fingerprint density at radius 3 is 2.83 bits per heavy atom. The van der Waals surface area contributed by atoms with Crippen LogP contribution < -0.4 is 0 Å². The molecule has 1 aromatic rings. The van der Waals surface area contributed by atoms with Gasteiger partial charge in [0.05, 0.1) is 12.2 Å². The van der Waals surface area contributed by atoms with E-state index in [9.17, 15) is 5.11 Å². The standard InChI is InChI=1S/C16H22O2/c1-16(2)9-4-10-18-15(16)13-6-3-5-12-11(13)7-8-14(12)17/h3,5-6,14-15,17H,4,7-10H2,1-2H3. The molecule has 0 saturated carbocycles. The van der Waals surface area contributed by atoms with Crippen molar-refractivity contribution in [3.8, 4) is 0 Å². The molecule has 0 bridgehead atoms. The van der Waals surface area contributed by atoms with Crippen LogP contribution in [0.3, 0.4) is 0 Å². The number of rotatable bonds is 1. The van der Waals surface area contributed by atoms with E-state index in [4.69, 9.17) is 4.74 Å². The molecule has 1 saturated heterocycles. The molecule has 2 nitrogen and oxygen atoms in total. The molecule has 0 radical (unpaired) electrons. The van der Waals surface area contributed by atoms with E-state index in [1.807, 2.05) is 0 Å². The Balaban J connectivity index is 2.02. The third kappa shape index (κ3) is 1.88. The summed E-state index contributed by atoms with van der Waals surface area (Å²) in [7, 11) is 0. The van der Waals surface area contributed by atoms with E-state index >= 15 is 0 Å². The van der Waals surface area contributed by atoms with Gasteiger partial charge in [0.2, 0.25) is 0 Å². The minimum absolute atomic E-state index is 0.187. The lowest BCUT2D eigenvalue weighted by Gasteiger charge is -2.39. The molecule has 0 spiro atoms. The average Bonchev–Trinajstić information content (AvgIpc) is 2.71. The Labute approximate surface area is 109 Å². The van der Waals surface area contributed by atoms with Gasteiger partial charge >= 0.3 is 0 Å². The third-order valence-corrected chi connectivity index (χ3v) is 4.52. The minimum atomic E-state index is -0.272. The zero-order valence-electron chi connectivity index (χ0n) is 11.3. The molecule has 1 aliphatic carbocycles. The van der Waals surface area contributed by atoms with Crippen molar-refractivity contribution in [2.24, 2.45) is 5.41 Å². The van der Waals surface area contributed by atoms with Gasteiger partial charge in [-0.15, -0.1) is 0 Å². The van der Waals surface area contributed by atoms with Gasteiger partial charge < -0.3 is 9.84 Å². The fourth-order valence-corrected chi connectivity index (χ4v) is 3.50. The van der Waals surface area contributed by atoms with Crippen LogP contribution in [-0.2, 0) is 11.2 Å². The topological polar surface area (TPSA) is 29.5 Å². The number of aliphatic hydroxyl groups excluding tert-OH is 1. The third-order valence-electron chi connectivity index (χ3n) is 4.52. The first-order valence-corrected chi connectivity index (χ1v) is 7.01. The van der Waals surface area contributed by atoms with E-state index < -0.39 is 0 Å². The van der Waals surface area contributed by atoms with Crippen LogP contribution in [0.4, 0.5) is 0 Å². The van der Waals surface area contributed by atoms with E-state index in [0.29, 0.717) is 0 Å². The van der Waals surface area contributed by atoms with Crippen molar-refractivity contribution in [1.82, 2.24) is 0 Å². The van der Waals surface area contributed by atoms with Crippen molar-refractivity contribution in [1.29, 1.82) is 0 Å². The molecule has 1 aliphatic heterocycles. The lowest BCUT2D eigenvalue weighted by molar-refractivity contribution is -0.0704. The van der Waals surface area contributed by atoms with Crippen LogP contribution in [0.5, 0.6) is 0 Å². The van der Waals surface area contributed by atoms with E-state index in [1.54, 1.807) is 0 Å². The first-order chi connectivity index (χ1) is 8.59. The molecular weight excluding hydrogens is 224 g/mol. The Kier molecular flexibility index (Phi) is 2.95. The molecule has 0 aromatic heterocycles. The molecule has 2 heteroatoms. The first-order valence-electron chi connectivity index (χ1n) is 7.01. The van der Waals surface area contributed by atoms with Crippen molar-refractivity contribution < 1.29 is 9.84 Å². The van der Waals surface area contributed by atoms with Crippen LogP contribution in [0.25, 0.3) is 0 Å². The van der Waals surface area contributed by atoms with Gasteiger partial charge in [0.15, 0.2) is 0 Å². The summed E-state index contributed by atoms with van der Waals surface area (Å²) >= 11 is 0. The van der Waals surface area contributed by atoms with Gasteiger partial charge in [-0.1, -0.05) is 32.0 Å². The number of ether oxygens (including phenoxy) is 1. The van der Waals surface area contributed by atoms with Crippen molar-refractivity contribution >= 4 is 0 Å². The van der Waals surface area contributed by atoms with Crippen LogP contribution in [0, 0.1) is 5.41 Å². The van der Waals surface area contributed by atoms with Gasteiger partial charge in [-0.2, -0.15) is 0 Å². The quantitative estimate of drug-likeness (QED) is 0.821. The Bertz CT molecular complexity index is 450. The molecule has 0 amide bonds. The highest BCUT2D eigenvalue weighted by atomic mass is 16.5. The second-order valence-corrected chi connectivity index (χ2v) is 6.31. The van der Waals surface area contributed by atoms with Crippen LogP contribution in [-0.4, -0.2) is 11.7 Å². The molecule has 2 atom stereocenters. The number of hydrogen-bond acceptors (Lipinski definition) is 2. The van der Waals surface area contributed by atoms with Gasteiger partial charge in [0.1, 0.15) is 0 Å². The van der Waals surface area contributed by atoms with Crippen LogP contribution in [0.1, 0.15) is 62.0 Å². The molecule has 1 heterocycles. The smallest absolute Gasteiger partial charge is 0.0878 e. The maximum atomic E-state index is 9.99. The average molecular weight is 246 g/mol. The molecule has 3 rings (SSSR count). The summed E-state index contributed by atoms with van der Waals surface area (Å²) < 4.78 is 6.06. The van der Waals surface area contributed by atoms with Crippen molar-refractivity contribution in [3.05, 3.63) is 34.9 Å². The Morgan fingerprint density at radius 2 is 2.06 bits per heavy atom. The summed E-state index contributed by atoms with van der Waals surface area (Å²) in [6.45, 7) is 5.45. The zero-order chi connectivity index (χ0) is 12.8. The van der Waals surface area contributed by atoms with E-state index in [-0.39, 0.29) is 17.6 Å². The molecule has 2 unspecified atom stereocenters. The highest BCUT2D eigenvalue weighted by Gasteiger charge is 2.37. The van der Waals surface area contributed by atoms with Gasteiger partial charge in [-0.05, 0) is 47.8 Å². The number of benzene rings is 1. The summed E-state index contributed by atoms with van der Waals surface area (Å²) in [6, 6.07) is 6.32. The second kappa shape index (κ2) is 4.36. The molecule has 1 N–H and O–H groups in total. The molecule has 1 aromatic carbocycles. The largest absolute Gasteiger partial charge is 0.388 e. The number of aliphatic hydroxyl groups is 1. The summed E-state index contributed by atoms with van der Waals surface area (Å²) in [5.41, 5.74) is 3.97. The van der Waals surface area contributed by atoms with E-state index in [2.05, 4.69) is 32.0 Å². The van der Waals surface area contributed by atoms with Crippen LogP contribution in [0.2, 0.25) is 0 Å². The summed E-state index contributed by atoms with van der Waals surface area (Å²) in [5.74, 6) is 0. The first kappa shape index (κ1) is 12.2. The van der Waals surface area contributed by atoms with Gasteiger partial charge in [-0.25, -0.2) is 0 Å². The fourth-order valence-electron chi connectivity index (χ4n) is 3.50. The van der Waals surface area contributed by atoms with Gasteiger partial charge in [-0.3, -0.25) is 0 Å². The predicted octanol–water partition coefficient (Wildman–Crippen LogP) is 3.54. The van der Waals surface area contributed by atoms with Crippen LogP contribution in [0.15, 0.2) is 18.2 Å². The lowest BCUT2D eigenvalue weighted by Crippen LogP contribution is -2.30. The molecular formula is C16H22O2. The normalized spacial score (nSPS) is 30.2. The van der Waals surface area contributed by atoms with Gasteiger partial charge in [0.25, 0.3) is 0 Å². The highest BCUT2D eigenvalue weighted by molar-refractivity contribution is 5.42. The molecule has 18 heavy (non-hydrogen) atoms. The lowest BCUT2D eigenvalue weighted by atomic mass is 9.76. The van der Waals surface area contributed by atoms with E-state index in [1.165, 1.54) is 17.5 Å². The maximum absolute atomic E-state index is 9.99. The highest BCUT2D eigenvalue weighted by Crippen LogP contribution is 2.47. The van der Waals surface area contributed by atoms with Gasteiger partial charge in [0, 0.05) is 6.61 Å². The van der Waals surface area contributed by atoms with E-state index in [0.717, 1.165) is 31.4 Å². The monoisotopic (exact) mass is 246 g/mol. The van der Waals surface area contributed by atoms with Crippen molar-refractivity contribution in [2.45, 2.75) is 51.7 Å². The Morgan fingerprint density at radius 1 is 1.28 bits per heavy atom. The number of fused-ring (bicyclic) bond motifs is 1. The Hall–Kier alpha value is -0.860. The fraction of sp³-hybridized carbons (Fsp3) is 0.625. The SMILES string of the molecule is CC1(C)CCCOC1c1cccc2c1CCC2O. The maximum Gasteiger partial charge on any atom is 0.0878 e. The number of hydrogen-bond donors (Lipinski definition) is 1. The summed E-state index contributed by atoms with van der Waals surface area (Å²) in [5, 5.41) is 9.99. The zero-order valence-corrected chi connectivity index (χ0v) is 11.3. The molecule has 1 fully saturated rings.